The Hall–Kier alpha value is -2.36. The molecule has 0 atom stereocenters. The summed E-state index contributed by atoms with van der Waals surface area (Å²) in [6, 6.07) is 7.41. The third-order valence-corrected chi connectivity index (χ3v) is 5.02. The second-order valence-corrected chi connectivity index (χ2v) is 9.93. The molecule has 0 spiro atoms. The van der Waals surface area contributed by atoms with Crippen molar-refractivity contribution in [2.75, 3.05) is 13.2 Å². The van der Waals surface area contributed by atoms with E-state index in [0.29, 0.717) is 35.8 Å². The van der Waals surface area contributed by atoms with E-state index < -0.39 is 0 Å². The van der Waals surface area contributed by atoms with Gasteiger partial charge in [0, 0.05) is 22.3 Å². The maximum Gasteiger partial charge on any atom is 0.127 e. The van der Waals surface area contributed by atoms with Crippen LogP contribution in [0.5, 0.6) is 23.0 Å². The summed E-state index contributed by atoms with van der Waals surface area (Å²) in [5.41, 5.74) is 2.09. The molecule has 0 fully saturated rings. The Bertz CT molecular complexity index is 797. The van der Waals surface area contributed by atoms with Gasteiger partial charge in [-0.1, -0.05) is 55.4 Å². The first-order valence-electron chi connectivity index (χ1n) is 10.9. The highest BCUT2D eigenvalue weighted by molar-refractivity contribution is 5.81. The first-order chi connectivity index (χ1) is 13.9. The van der Waals surface area contributed by atoms with E-state index in [4.69, 9.17) is 9.47 Å². The van der Waals surface area contributed by atoms with Gasteiger partial charge in [-0.3, -0.25) is 0 Å². The normalized spacial score (nSPS) is 12.1. The number of rotatable bonds is 7. The van der Waals surface area contributed by atoms with Crippen LogP contribution >= 0.6 is 0 Å². The van der Waals surface area contributed by atoms with Crippen molar-refractivity contribution in [3.63, 3.8) is 0 Å². The average Bonchev–Trinajstić information content (AvgIpc) is 2.64. The number of aromatic hydroxyl groups is 2. The van der Waals surface area contributed by atoms with Crippen LogP contribution in [0.15, 0.2) is 24.3 Å². The van der Waals surface area contributed by atoms with Crippen LogP contribution in [0.2, 0.25) is 0 Å². The van der Waals surface area contributed by atoms with Gasteiger partial charge in [-0.25, -0.2) is 0 Å². The summed E-state index contributed by atoms with van der Waals surface area (Å²) in [4.78, 5) is 0. The molecule has 2 N–H and O–H groups in total. The Balaban J connectivity index is 2.80. The number of hydrogen-bond donors (Lipinski definition) is 2. The SMILES string of the molecule is CCCOc1cc(-c2cc(OCCC)cc(C(C)(C)C)c2O)c(O)c(C(C)(C)C)c1. The summed E-state index contributed by atoms with van der Waals surface area (Å²) in [6.45, 7) is 17.6. The molecule has 0 saturated carbocycles. The zero-order valence-electron chi connectivity index (χ0n) is 19.8. The van der Waals surface area contributed by atoms with Crippen molar-refractivity contribution >= 4 is 0 Å². The standard InChI is InChI=1S/C26H38O4/c1-9-11-29-17-13-19(23(27)21(15-17)25(3,4)5)20-14-18(30-12-10-2)16-22(24(20)28)26(6,7)8/h13-16,27-28H,9-12H2,1-8H3. The Kier molecular flexibility index (Phi) is 7.33. The molecule has 4 heteroatoms. The third-order valence-electron chi connectivity index (χ3n) is 5.02. The van der Waals surface area contributed by atoms with E-state index in [1.807, 2.05) is 24.3 Å². The molecule has 30 heavy (non-hydrogen) atoms. The quantitative estimate of drug-likeness (QED) is 0.515. The summed E-state index contributed by atoms with van der Waals surface area (Å²) in [7, 11) is 0. The lowest BCUT2D eigenvalue weighted by Gasteiger charge is -2.26. The van der Waals surface area contributed by atoms with Gasteiger partial charge < -0.3 is 19.7 Å². The van der Waals surface area contributed by atoms with Crippen LogP contribution in [-0.2, 0) is 10.8 Å². The van der Waals surface area contributed by atoms with Gasteiger partial charge in [0.2, 0.25) is 0 Å². The van der Waals surface area contributed by atoms with Gasteiger partial charge in [0.15, 0.2) is 0 Å². The van der Waals surface area contributed by atoms with Crippen molar-refractivity contribution in [1.82, 2.24) is 0 Å². The molecule has 0 aliphatic rings. The molecule has 0 bridgehead atoms. The molecule has 0 aliphatic heterocycles. The number of benzene rings is 2. The zero-order chi connectivity index (χ0) is 22.7. The first-order valence-corrected chi connectivity index (χ1v) is 10.9. The van der Waals surface area contributed by atoms with E-state index in [-0.39, 0.29) is 22.3 Å². The second-order valence-electron chi connectivity index (χ2n) is 9.93. The molecule has 0 radical (unpaired) electrons. The lowest BCUT2D eigenvalue weighted by Crippen LogP contribution is -2.13. The lowest BCUT2D eigenvalue weighted by molar-refractivity contribution is 0.314. The fourth-order valence-corrected chi connectivity index (χ4v) is 3.38. The molecular weight excluding hydrogens is 376 g/mol. The van der Waals surface area contributed by atoms with Gasteiger partial charge in [0.05, 0.1) is 13.2 Å². The molecule has 2 rings (SSSR count). The van der Waals surface area contributed by atoms with Gasteiger partial charge in [-0.05, 0) is 47.9 Å². The van der Waals surface area contributed by atoms with Crippen molar-refractivity contribution in [3.05, 3.63) is 35.4 Å². The second kappa shape index (κ2) is 9.20. The van der Waals surface area contributed by atoms with Gasteiger partial charge in [-0.15, -0.1) is 0 Å². The fraction of sp³-hybridized carbons (Fsp3) is 0.538. The average molecular weight is 415 g/mol. The van der Waals surface area contributed by atoms with Gasteiger partial charge >= 0.3 is 0 Å². The van der Waals surface area contributed by atoms with Crippen molar-refractivity contribution in [2.45, 2.75) is 79.1 Å². The summed E-state index contributed by atoms with van der Waals surface area (Å²) in [6.07, 6.45) is 1.78. The monoisotopic (exact) mass is 414 g/mol. The summed E-state index contributed by atoms with van der Waals surface area (Å²) in [5.74, 6) is 1.70. The molecule has 4 nitrogen and oxygen atoms in total. The Morgan fingerprint density at radius 3 is 1.23 bits per heavy atom. The third kappa shape index (κ3) is 5.41. The van der Waals surface area contributed by atoms with Crippen molar-refractivity contribution in [1.29, 1.82) is 0 Å². The predicted molar refractivity (Wildman–Crippen MR) is 124 cm³/mol. The van der Waals surface area contributed by atoms with Gasteiger partial charge in [-0.2, -0.15) is 0 Å². The molecule has 0 aliphatic carbocycles. The molecule has 0 saturated heterocycles. The smallest absolute Gasteiger partial charge is 0.127 e. The number of phenolic OH excluding ortho intramolecular Hbond substituents is 2. The van der Waals surface area contributed by atoms with Crippen LogP contribution < -0.4 is 9.47 Å². The summed E-state index contributed by atoms with van der Waals surface area (Å²) < 4.78 is 11.8. The molecular formula is C26H38O4. The molecule has 0 heterocycles. The van der Waals surface area contributed by atoms with Crippen LogP contribution in [0.25, 0.3) is 11.1 Å². The highest BCUT2D eigenvalue weighted by atomic mass is 16.5. The number of ether oxygens (including phenoxy) is 2. The summed E-state index contributed by atoms with van der Waals surface area (Å²) in [5, 5.41) is 22.4. The first kappa shape index (κ1) is 23.9. The van der Waals surface area contributed by atoms with Crippen LogP contribution in [0.1, 0.15) is 79.4 Å². The largest absolute Gasteiger partial charge is 0.507 e. The van der Waals surface area contributed by atoms with Crippen molar-refractivity contribution < 1.29 is 19.7 Å². The Morgan fingerprint density at radius 1 is 0.633 bits per heavy atom. The van der Waals surface area contributed by atoms with E-state index in [9.17, 15) is 10.2 Å². The maximum atomic E-state index is 11.2. The minimum absolute atomic E-state index is 0.161. The minimum atomic E-state index is -0.288. The number of hydrogen-bond acceptors (Lipinski definition) is 4. The van der Waals surface area contributed by atoms with Crippen LogP contribution in [0, 0.1) is 0 Å². The minimum Gasteiger partial charge on any atom is -0.507 e. The van der Waals surface area contributed by atoms with Crippen molar-refractivity contribution in [2.24, 2.45) is 0 Å². The molecule has 166 valence electrons. The van der Waals surface area contributed by atoms with E-state index in [0.717, 1.165) is 24.0 Å². The highest BCUT2D eigenvalue weighted by Gasteiger charge is 2.27. The molecule has 2 aromatic rings. The zero-order valence-corrected chi connectivity index (χ0v) is 19.8. The maximum absolute atomic E-state index is 11.2. The topological polar surface area (TPSA) is 58.9 Å². The molecule has 0 aromatic heterocycles. The lowest BCUT2D eigenvalue weighted by atomic mass is 9.81. The van der Waals surface area contributed by atoms with Gasteiger partial charge in [0.1, 0.15) is 23.0 Å². The predicted octanol–water partition coefficient (Wildman–Crippen LogP) is 6.94. The molecule has 0 amide bonds. The van der Waals surface area contributed by atoms with Crippen LogP contribution in [-0.4, -0.2) is 23.4 Å². The summed E-state index contributed by atoms with van der Waals surface area (Å²) >= 11 is 0. The van der Waals surface area contributed by atoms with E-state index in [1.165, 1.54) is 0 Å². The van der Waals surface area contributed by atoms with E-state index >= 15 is 0 Å². The van der Waals surface area contributed by atoms with Crippen molar-refractivity contribution in [3.8, 4) is 34.1 Å². The van der Waals surface area contributed by atoms with E-state index in [1.54, 1.807) is 0 Å². The van der Waals surface area contributed by atoms with Crippen LogP contribution in [0.4, 0.5) is 0 Å². The number of phenols is 2. The van der Waals surface area contributed by atoms with E-state index in [2.05, 4.69) is 55.4 Å². The fourth-order valence-electron chi connectivity index (χ4n) is 3.38. The van der Waals surface area contributed by atoms with Crippen LogP contribution in [0.3, 0.4) is 0 Å². The van der Waals surface area contributed by atoms with Gasteiger partial charge in [0.25, 0.3) is 0 Å². The Labute approximate surface area is 181 Å². The molecule has 0 unspecified atom stereocenters. The highest BCUT2D eigenvalue weighted by Crippen LogP contribution is 2.48. The molecule has 2 aromatic carbocycles. The Morgan fingerprint density at radius 2 is 0.967 bits per heavy atom.